The van der Waals surface area contributed by atoms with Gasteiger partial charge in [0.25, 0.3) is 11.8 Å². The molecule has 3 aromatic carbocycles. The van der Waals surface area contributed by atoms with E-state index in [4.69, 9.17) is 21.5 Å². The first kappa shape index (κ1) is 36.3. The molecule has 3 N–H and O–H groups in total. The summed E-state index contributed by atoms with van der Waals surface area (Å²) in [5.41, 5.74) is 3.05. The number of benzene rings is 3. The molecule has 13 nitrogen and oxygen atoms in total. The number of rotatable bonds is 10. The topological polar surface area (TPSA) is 169 Å². The Morgan fingerprint density at radius 2 is 1.69 bits per heavy atom. The van der Waals surface area contributed by atoms with Crippen molar-refractivity contribution in [3.8, 4) is 0 Å². The van der Waals surface area contributed by atoms with E-state index in [2.05, 4.69) is 15.4 Å². The number of fused-ring (bicyclic) bond motifs is 1. The number of piperazine rings is 1. The number of carboxylic acids is 2. The monoisotopic (exact) mass is 733 g/mol. The number of nitrogens with zero attached hydrogens (tertiary/aromatic N) is 4. The van der Waals surface area contributed by atoms with Crippen molar-refractivity contribution < 1.29 is 43.4 Å². The molecule has 0 aliphatic carbocycles. The van der Waals surface area contributed by atoms with Crippen LogP contribution < -0.4 is 10.2 Å². The molecule has 2 unspecified atom stereocenters. The molecule has 0 aromatic heterocycles. The van der Waals surface area contributed by atoms with Crippen LogP contribution in [0.2, 0.25) is 5.02 Å². The summed E-state index contributed by atoms with van der Waals surface area (Å²) >= 11 is 5.97. The van der Waals surface area contributed by atoms with Gasteiger partial charge in [-0.1, -0.05) is 41.9 Å². The van der Waals surface area contributed by atoms with Crippen LogP contribution in [0.1, 0.15) is 59.3 Å². The number of aliphatic carboxylic acids is 1. The Morgan fingerprint density at radius 1 is 0.981 bits per heavy atom. The maximum atomic E-state index is 14.8. The van der Waals surface area contributed by atoms with Gasteiger partial charge in [0.15, 0.2) is 5.82 Å². The number of amides is 3. The van der Waals surface area contributed by atoms with E-state index < -0.39 is 47.6 Å². The van der Waals surface area contributed by atoms with Crippen molar-refractivity contribution in [1.29, 1.82) is 0 Å². The van der Waals surface area contributed by atoms with Crippen LogP contribution in [0.4, 0.5) is 15.8 Å². The standard InChI is InChI=1S/C37H37ClFN5O8/c1-21(36(48)49)8-13-31(45)43-18-16-42(17-19-43)29-7-3-4-25-24(29)14-15-44(33(25)34(46)40-23-11-9-22(10-12-23)37(50)51)35(47)30-20-28(41-52-30)26-5-2-6-27(38)32(26)39/h2-7,9-12,21,30,33H,8,13-20H2,1H3,(H,40,46)(H,48,49)(H,50,51)/t21-,30?,33?/m0/s1. The van der Waals surface area contributed by atoms with Gasteiger partial charge in [-0.15, -0.1) is 0 Å². The van der Waals surface area contributed by atoms with Gasteiger partial charge < -0.3 is 35.1 Å². The Balaban J connectivity index is 1.23. The summed E-state index contributed by atoms with van der Waals surface area (Å²) in [6.45, 7) is 3.65. The summed E-state index contributed by atoms with van der Waals surface area (Å²) in [5.74, 6) is -4.47. The molecular weight excluding hydrogens is 697 g/mol. The molecule has 3 aliphatic rings. The average molecular weight is 734 g/mol. The fourth-order valence-corrected chi connectivity index (χ4v) is 6.95. The molecule has 15 heteroatoms. The molecule has 3 aliphatic heterocycles. The second-order valence-corrected chi connectivity index (χ2v) is 13.4. The average Bonchev–Trinajstić information content (AvgIpc) is 3.64. The van der Waals surface area contributed by atoms with Gasteiger partial charge in [0.05, 0.1) is 22.2 Å². The number of aromatic carboxylic acids is 1. The van der Waals surface area contributed by atoms with Crippen molar-refractivity contribution in [2.75, 3.05) is 42.9 Å². The smallest absolute Gasteiger partial charge is 0.335 e. The zero-order chi connectivity index (χ0) is 37.1. The maximum Gasteiger partial charge on any atom is 0.335 e. The molecule has 272 valence electrons. The number of carbonyl (C=O) groups is 5. The van der Waals surface area contributed by atoms with Crippen molar-refractivity contribution in [3.05, 3.63) is 93.8 Å². The molecule has 1 saturated heterocycles. The lowest BCUT2D eigenvalue weighted by Crippen LogP contribution is -2.51. The Hall–Kier alpha value is -5.50. The van der Waals surface area contributed by atoms with E-state index in [0.717, 1.165) is 11.3 Å². The van der Waals surface area contributed by atoms with Gasteiger partial charge in [0.1, 0.15) is 6.04 Å². The van der Waals surface area contributed by atoms with Gasteiger partial charge in [-0.3, -0.25) is 19.2 Å². The zero-order valence-corrected chi connectivity index (χ0v) is 29.0. The van der Waals surface area contributed by atoms with Crippen molar-refractivity contribution >= 4 is 58.3 Å². The number of carboxylic acid groups (broad SMARTS) is 2. The maximum absolute atomic E-state index is 14.8. The second-order valence-electron chi connectivity index (χ2n) is 13.0. The van der Waals surface area contributed by atoms with Crippen LogP contribution in [0.15, 0.2) is 65.8 Å². The molecule has 3 aromatic rings. The predicted molar refractivity (Wildman–Crippen MR) is 189 cm³/mol. The lowest BCUT2D eigenvalue weighted by Gasteiger charge is -2.41. The highest BCUT2D eigenvalue weighted by Gasteiger charge is 2.42. The number of nitrogens with one attached hydrogen (secondary N) is 1. The third-order valence-electron chi connectivity index (χ3n) is 9.72. The van der Waals surface area contributed by atoms with Gasteiger partial charge >= 0.3 is 11.9 Å². The van der Waals surface area contributed by atoms with E-state index in [9.17, 15) is 33.5 Å². The highest BCUT2D eigenvalue weighted by atomic mass is 35.5. The minimum absolute atomic E-state index is 0.0390. The SMILES string of the molecule is C[C@@H](CCC(=O)N1CCN(c2cccc3c2CCN(C(=O)C2CC(c4cccc(Cl)c4F)=NO2)C3C(=O)Nc2ccc(C(=O)O)cc2)CC1)C(=O)O. The van der Waals surface area contributed by atoms with E-state index in [-0.39, 0.29) is 53.6 Å². The lowest BCUT2D eigenvalue weighted by molar-refractivity contribution is -0.148. The fourth-order valence-electron chi connectivity index (χ4n) is 6.77. The molecule has 3 heterocycles. The van der Waals surface area contributed by atoms with Crippen molar-refractivity contribution in [2.45, 2.75) is 44.8 Å². The lowest BCUT2D eigenvalue weighted by atomic mass is 9.89. The first-order valence-electron chi connectivity index (χ1n) is 16.9. The number of hydrogen-bond acceptors (Lipinski definition) is 8. The minimum atomic E-state index is -1.12. The summed E-state index contributed by atoms with van der Waals surface area (Å²) in [6, 6.07) is 14.6. The number of halogens is 2. The molecule has 0 bridgehead atoms. The molecule has 3 atom stereocenters. The molecule has 0 spiro atoms. The van der Waals surface area contributed by atoms with Crippen molar-refractivity contribution in [1.82, 2.24) is 9.80 Å². The summed E-state index contributed by atoms with van der Waals surface area (Å²) in [5, 5.41) is 25.2. The molecule has 6 rings (SSSR count). The van der Waals surface area contributed by atoms with E-state index >= 15 is 0 Å². The van der Waals surface area contributed by atoms with E-state index in [1.807, 2.05) is 12.1 Å². The summed E-state index contributed by atoms with van der Waals surface area (Å²) in [6.07, 6.45) is -0.335. The van der Waals surface area contributed by atoms with Crippen LogP contribution >= 0.6 is 11.6 Å². The molecular formula is C37H37ClFN5O8. The first-order chi connectivity index (χ1) is 24.9. The first-order valence-corrected chi connectivity index (χ1v) is 17.3. The largest absolute Gasteiger partial charge is 0.481 e. The van der Waals surface area contributed by atoms with E-state index in [1.54, 1.807) is 24.0 Å². The predicted octanol–water partition coefficient (Wildman–Crippen LogP) is 4.58. The Labute approximate surface area is 303 Å². The van der Waals surface area contributed by atoms with Crippen LogP contribution in [0.3, 0.4) is 0 Å². The minimum Gasteiger partial charge on any atom is -0.481 e. The highest BCUT2D eigenvalue weighted by molar-refractivity contribution is 6.31. The molecule has 0 radical (unpaired) electrons. The van der Waals surface area contributed by atoms with Crippen LogP contribution in [-0.4, -0.2) is 94.2 Å². The van der Waals surface area contributed by atoms with Crippen molar-refractivity contribution in [3.63, 3.8) is 0 Å². The van der Waals surface area contributed by atoms with Crippen molar-refractivity contribution in [2.24, 2.45) is 11.1 Å². The Morgan fingerprint density at radius 3 is 2.38 bits per heavy atom. The van der Waals surface area contributed by atoms with E-state index in [1.165, 1.54) is 41.3 Å². The van der Waals surface area contributed by atoms with Crippen LogP contribution in [0.25, 0.3) is 0 Å². The third-order valence-corrected chi connectivity index (χ3v) is 10.0. The molecule has 0 saturated carbocycles. The van der Waals surface area contributed by atoms with Gasteiger partial charge in [-0.05, 0) is 66.4 Å². The normalized spacial score (nSPS) is 18.9. The van der Waals surface area contributed by atoms with Crippen LogP contribution in [-0.2, 0) is 30.4 Å². The molecule has 1 fully saturated rings. The highest BCUT2D eigenvalue weighted by Crippen LogP contribution is 2.38. The second kappa shape index (κ2) is 15.4. The summed E-state index contributed by atoms with van der Waals surface area (Å²) in [4.78, 5) is 74.5. The number of carbonyl (C=O) groups excluding carboxylic acids is 3. The fraction of sp³-hybridized carbons (Fsp3) is 0.351. The Bertz CT molecular complexity index is 1930. The Kier molecular flexibility index (Phi) is 10.7. The molecule has 3 amide bonds. The zero-order valence-electron chi connectivity index (χ0n) is 28.3. The number of hydrogen-bond donors (Lipinski definition) is 3. The van der Waals surface area contributed by atoms with Crippen LogP contribution in [0, 0.1) is 11.7 Å². The van der Waals surface area contributed by atoms with Gasteiger partial charge in [-0.2, -0.15) is 0 Å². The summed E-state index contributed by atoms with van der Waals surface area (Å²) in [7, 11) is 0. The quantitative estimate of drug-likeness (QED) is 0.270. The number of oxime groups is 1. The van der Waals surface area contributed by atoms with Gasteiger partial charge in [0, 0.05) is 62.5 Å². The van der Waals surface area contributed by atoms with Gasteiger partial charge in [0.2, 0.25) is 12.0 Å². The number of anilines is 2. The van der Waals surface area contributed by atoms with Gasteiger partial charge in [-0.25, -0.2) is 9.18 Å². The van der Waals surface area contributed by atoms with E-state index in [0.29, 0.717) is 43.9 Å². The summed E-state index contributed by atoms with van der Waals surface area (Å²) < 4.78 is 14.8. The third kappa shape index (κ3) is 7.57. The molecule has 52 heavy (non-hydrogen) atoms. The van der Waals surface area contributed by atoms with Crippen LogP contribution in [0.5, 0.6) is 0 Å².